The molecule has 1 heterocycles. The fourth-order valence-electron chi connectivity index (χ4n) is 3.76. The molecule has 158 valence electrons. The van der Waals surface area contributed by atoms with Crippen LogP contribution in [0.2, 0.25) is 0 Å². The highest BCUT2D eigenvalue weighted by molar-refractivity contribution is 5.94. The van der Waals surface area contributed by atoms with Gasteiger partial charge in [0, 0.05) is 43.9 Å². The molecule has 30 heavy (non-hydrogen) atoms. The maximum Gasteiger partial charge on any atom is 0.251 e. The molecular weight excluding hydrogens is 374 g/mol. The Balaban J connectivity index is 1.28. The summed E-state index contributed by atoms with van der Waals surface area (Å²) in [6, 6.07) is 15.4. The van der Waals surface area contributed by atoms with Crippen molar-refractivity contribution in [1.82, 2.24) is 10.2 Å². The Morgan fingerprint density at radius 3 is 2.47 bits per heavy atom. The van der Waals surface area contributed by atoms with E-state index in [2.05, 4.69) is 33.2 Å². The van der Waals surface area contributed by atoms with Gasteiger partial charge in [-0.2, -0.15) is 0 Å². The second-order valence-electron chi connectivity index (χ2n) is 7.54. The first-order valence-electron chi connectivity index (χ1n) is 10.7. The molecule has 1 N–H and O–H groups in total. The number of hydrogen-bond acceptors (Lipinski definition) is 4. The van der Waals surface area contributed by atoms with Crippen molar-refractivity contribution in [3.05, 3.63) is 59.7 Å². The van der Waals surface area contributed by atoms with E-state index in [0.717, 1.165) is 63.3 Å². The summed E-state index contributed by atoms with van der Waals surface area (Å²) in [5.74, 6) is 3.47. The Morgan fingerprint density at radius 1 is 1.03 bits per heavy atom. The molecule has 0 radical (unpaired) electrons. The summed E-state index contributed by atoms with van der Waals surface area (Å²) in [4.78, 5) is 17.1. The van der Waals surface area contributed by atoms with E-state index in [1.165, 1.54) is 5.69 Å². The molecule has 2 aromatic carbocycles. The minimum atomic E-state index is -0.0361. The number of carbonyl (C=O) groups excluding carboxylic acids is 1. The molecule has 0 saturated carbocycles. The van der Waals surface area contributed by atoms with Crippen molar-refractivity contribution in [2.24, 2.45) is 0 Å². The van der Waals surface area contributed by atoms with E-state index in [9.17, 15) is 4.79 Å². The van der Waals surface area contributed by atoms with E-state index in [4.69, 9.17) is 11.2 Å². The van der Waals surface area contributed by atoms with E-state index >= 15 is 0 Å². The zero-order valence-electron chi connectivity index (χ0n) is 17.8. The molecule has 3 rings (SSSR count). The van der Waals surface area contributed by atoms with Crippen molar-refractivity contribution in [2.75, 3.05) is 51.3 Å². The summed E-state index contributed by atoms with van der Waals surface area (Å²) in [6.45, 7) is 6.01. The number of nitrogens with zero attached hydrogens (tertiary/aromatic N) is 2. The zero-order chi connectivity index (χ0) is 21.2. The first-order chi connectivity index (χ1) is 14.7. The third-order valence-electron chi connectivity index (χ3n) is 5.55. The van der Waals surface area contributed by atoms with E-state index in [1.807, 2.05) is 12.1 Å². The normalized spacial score (nSPS) is 14.2. The van der Waals surface area contributed by atoms with Gasteiger partial charge in [-0.05, 0) is 55.8 Å². The van der Waals surface area contributed by atoms with Crippen molar-refractivity contribution >= 4 is 11.6 Å². The minimum absolute atomic E-state index is 0.0361. The molecule has 1 amide bonds. The highest BCUT2D eigenvalue weighted by Crippen LogP contribution is 2.28. The molecule has 0 aromatic heterocycles. The van der Waals surface area contributed by atoms with E-state index < -0.39 is 0 Å². The molecule has 1 aliphatic rings. The van der Waals surface area contributed by atoms with Crippen molar-refractivity contribution < 1.29 is 9.53 Å². The molecule has 0 aliphatic carbocycles. The lowest BCUT2D eigenvalue weighted by Crippen LogP contribution is -2.46. The van der Waals surface area contributed by atoms with Gasteiger partial charge in [0.1, 0.15) is 5.75 Å². The quantitative estimate of drug-likeness (QED) is 0.513. The summed E-state index contributed by atoms with van der Waals surface area (Å²) in [7, 11) is 1.73. The Bertz CT molecular complexity index is 849. The molecule has 0 unspecified atom stereocenters. The molecule has 0 atom stereocenters. The van der Waals surface area contributed by atoms with Crippen LogP contribution in [0.25, 0.3) is 0 Å². The molecule has 1 saturated heterocycles. The number of piperazine rings is 1. The van der Waals surface area contributed by atoms with Gasteiger partial charge in [0.15, 0.2) is 0 Å². The average Bonchev–Trinajstić information content (AvgIpc) is 2.81. The van der Waals surface area contributed by atoms with Crippen LogP contribution in [0, 0.1) is 12.3 Å². The van der Waals surface area contributed by atoms with Gasteiger partial charge in [0.2, 0.25) is 0 Å². The smallest absolute Gasteiger partial charge is 0.251 e. The van der Waals surface area contributed by atoms with Crippen molar-refractivity contribution in [1.29, 1.82) is 0 Å². The van der Waals surface area contributed by atoms with Crippen molar-refractivity contribution in [3.8, 4) is 18.1 Å². The molecule has 1 fully saturated rings. The Hall–Kier alpha value is -2.97. The van der Waals surface area contributed by atoms with Gasteiger partial charge in [-0.3, -0.25) is 9.69 Å². The average molecular weight is 406 g/mol. The lowest BCUT2D eigenvalue weighted by atomic mass is 10.1. The first-order valence-corrected chi connectivity index (χ1v) is 10.7. The number of ether oxygens (including phenoxy) is 1. The Kier molecular flexibility index (Phi) is 8.17. The SMILES string of the molecule is C#Cc1ccc(C(=O)NCCCCCN2CCN(c3ccccc3OC)CC2)cc1. The molecule has 5 heteroatoms. The lowest BCUT2D eigenvalue weighted by Gasteiger charge is -2.36. The molecule has 2 aromatic rings. The van der Waals surface area contributed by atoms with Crippen molar-refractivity contribution in [3.63, 3.8) is 0 Å². The standard InChI is InChI=1S/C25H31N3O2/c1-3-21-11-13-22(14-12-21)25(29)26-15-7-4-8-16-27-17-19-28(20-18-27)23-9-5-6-10-24(23)30-2/h1,5-6,9-14H,4,7-8,15-20H2,2H3,(H,26,29). The minimum Gasteiger partial charge on any atom is -0.495 e. The van der Waals surface area contributed by atoms with Crippen LogP contribution < -0.4 is 15.0 Å². The number of hydrogen-bond donors (Lipinski definition) is 1. The Labute approximate surface area is 180 Å². The van der Waals surface area contributed by atoms with E-state index in [0.29, 0.717) is 12.1 Å². The summed E-state index contributed by atoms with van der Waals surface area (Å²) in [5.41, 5.74) is 2.63. The number of para-hydroxylation sites is 2. The van der Waals surface area contributed by atoms with Gasteiger partial charge >= 0.3 is 0 Å². The fraction of sp³-hybridized carbons (Fsp3) is 0.400. The number of benzene rings is 2. The molecule has 0 spiro atoms. The van der Waals surface area contributed by atoms with Gasteiger partial charge < -0.3 is 15.0 Å². The Morgan fingerprint density at radius 2 is 1.77 bits per heavy atom. The number of nitrogens with one attached hydrogen (secondary N) is 1. The summed E-state index contributed by atoms with van der Waals surface area (Å²) >= 11 is 0. The highest BCUT2D eigenvalue weighted by atomic mass is 16.5. The predicted molar refractivity (Wildman–Crippen MR) is 122 cm³/mol. The van der Waals surface area contributed by atoms with Crippen LogP contribution in [0.1, 0.15) is 35.2 Å². The first kappa shape index (κ1) is 21.7. The second-order valence-corrected chi connectivity index (χ2v) is 7.54. The number of amides is 1. The molecule has 0 bridgehead atoms. The highest BCUT2D eigenvalue weighted by Gasteiger charge is 2.19. The predicted octanol–water partition coefficient (Wildman–Crippen LogP) is 3.40. The van der Waals surface area contributed by atoms with Gasteiger partial charge in [0.25, 0.3) is 5.91 Å². The zero-order valence-corrected chi connectivity index (χ0v) is 17.8. The van der Waals surface area contributed by atoms with Gasteiger partial charge in [-0.15, -0.1) is 6.42 Å². The number of methoxy groups -OCH3 is 1. The van der Waals surface area contributed by atoms with Gasteiger partial charge in [0.05, 0.1) is 12.8 Å². The topological polar surface area (TPSA) is 44.8 Å². The van der Waals surface area contributed by atoms with Crippen LogP contribution in [-0.4, -0.2) is 57.2 Å². The fourth-order valence-corrected chi connectivity index (χ4v) is 3.76. The van der Waals surface area contributed by atoms with Gasteiger partial charge in [-0.25, -0.2) is 0 Å². The van der Waals surface area contributed by atoms with E-state index in [1.54, 1.807) is 31.4 Å². The third-order valence-corrected chi connectivity index (χ3v) is 5.55. The van der Waals surface area contributed by atoms with Crippen molar-refractivity contribution in [2.45, 2.75) is 19.3 Å². The van der Waals surface area contributed by atoms with Gasteiger partial charge in [-0.1, -0.05) is 24.5 Å². The number of unbranched alkanes of at least 4 members (excludes halogenated alkanes) is 2. The summed E-state index contributed by atoms with van der Waals surface area (Å²) in [6.07, 6.45) is 8.60. The van der Waals surface area contributed by atoms with Crippen LogP contribution in [0.4, 0.5) is 5.69 Å². The third kappa shape index (κ3) is 6.01. The summed E-state index contributed by atoms with van der Waals surface area (Å²) < 4.78 is 5.49. The number of anilines is 1. The van der Waals surface area contributed by atoms with Crippen LogP contribution >= 0.6 is 0 Å². The van der Waals surface area contributed by atoms with Crippen LogP contribution in [-0.2, 0) is 0 Å². The number of rotatable bonds is 9. The number of carbonyl (C=O) groups is 1. The number of terminal acetylenes is 1. The monoisotopic (exact) mass is 405 g/mol. The summed E-state index contributed by atoms with van der Waals surface area (Å²) in [5, 5.41) is 2.99. The molecule has 5 nitrogen and oxygen atoms in total. The molecule has 1 aliphatic heterocycles. The maximum absolute atomic E-state index is 12.1. The van der Waals surface area contributed by atoms with Crippen LogP contribution in [0.3, 0.4) is 0 Å². The van der Waals surface area contributed by atoms with Crippen LogP contribution in [0.15, 0.2) is 48.5 Å². The van der Waals surface area contributed by atoms with Crippen LogP contribution in [0.5, 0.6) is 5.75 Å². The molecular formula is C25H31N3O2. The second kappa shape index (κ2) is 11.3. The lowest BCUT2D eigenvalue weighted by molar-refractivity contribution is 0.0953. The largest absolute Gasteiger partial charge is 0.495 e. The maximum atomic E-state index is 12.1. The van der Waals surface area contributed by atoms with E-state index in [-0.39, 0.29) is 5.91 Å².